The maximum atomic E-state index is 11.8. The van der Waals surface area contributed by atoms with Gasteiger partial charge in [0, 0.05) is 12.6 Å². The van der Waals surface area contributed by atoms with Gasteiger partial charge >= 0.3 is 0 Å². The summed E-state index contributed by atoms with van der Waals surface area (Å²) in [5.41, 5.74) is 0.235. The number of anilines is 1. The summed E-state index contributed by atoms with van der Waals surface area (Å²) >= 11 is 0. The lowest BCUT2D eigenvalue weighted by molar-refractivity contribution is -0.384. The number of nitro groups is 1. The van der Waals surface area contributed by atoms with Crippen LogP contribution in [0, 0.1) is 21.4 Å². The molecule has 0 heterocycles. The predicted molar refractivity (Wildman–Crippen MR) is 63.1 cm³/mol. The van der Waals surface area contributed by atoms with Gasteiger partial charge in [-0.1, -0.05) is 0 Å². The van der Waals surface area contributed by atoms with E-state index in [1.807, 2.05) is 6.07 Å². The molecular formula is C11H11F2N3O3. The summed E-state index contributed by atoms with van der Waals surface area (Å²) in [5.74, 6) is 0. The normalized spacial score (nSPS) is 10.2. The van der Waals surface area contributed by atoms with Crippen molar-refractivity contribution in [3.8, 4) is 6.07 Å². The summed E-state index contributed by atoms with van der Waals surface area (Å²) in [7, 11) is 0. The second-order valence-corrected chi connectivity index (χ2v) is 3.49. The number of nitrogens with one attached hydrogen (secondary N) is 1. The molecule has 0 aliphatic carbocycles. The van der Waals surface area contributed by atoms with Crippen LogP contribution in [0.15, 0.2) is 18.2 Å². The first-order chi connectivity index (χ1) is 9.04. The quantitative estimate of drug-likeness (QED) is 0.466. The first-order valence-electron chi connectivity index (χ1n) is 5.33. The predicted octanol–water partition coefficient (Wildman–Crippen LogP) is 2.16. The number of alkyl halides is 2. The minimum Gasteiger partial charge on any atom is -0.377 e. The summed E-state index contributed by atoms with van der Waals surface area (Å²) in [6, 6.07) is 5.72. The van der Waals surface area contributed by atoms with E-state index in [0.717, 1.165) is 0 Å². The Morgan fingerprint density at radius 2 is 2.26 bits per heavy atom. The molecule has 0 fully saturated rings. The molecule has 0 bridgehead atoms. The van der Waals surface area contributed by atoms with Crippen molar-refractivity contribution in [1.29, 1.82) is 5.26 Å². The fourth-order valence-electron chi connectivity index (χ4n) is 1.34. The van der Waals surface area contributed by atoms with Gasteiger partial charge in [0.25, 0.3) is 12.1 Å². The van der Waals surface area contributed by atoms with Gasteiger partial charge in [-0.25, -0.2) is 8.78 Å². The minimum absolute atomic E-state index is 0.0156. The molecule has 102 valence electrons. The smallest absolute Gasteiger partial charge is 0.292 e. The molecule has 0 aliphatic rings. The minimum atomic E-state index is -2.55. The lowest BCUT2D eigenvalue weighted by atomic mass is 10.2. The zero-order valence-electron chi connectivity index (χ0n) is 9.81. The number of halogens is 2. The molecule has 0 unspecified atom stereocenters. The van der Waals surface area contributed by atoms with E-state index in [4.69, 9.17) is 5.26 Å². The van der Waals surface area contributed by atoms with Crippen LogP contribution in [0.2, 0.25) is 0 Å². The fourth-order valence-corrected chi connectivity index (χ4v) is 1.34. The molecule has 0 radical (unpaired) electrons. The van der Waals surface area contributed by atoms with E-state index < -0.39 is 18.0 Å². The van der Waals surface area contributed by atoms with Crippen LogP contribution in [-0.2, 0) is 4.74 Å². The van der Waals surface area contributed by atoms with Crippen LogP contribution in [0.3, 0.4) is 0 Å². The van der Waals surface area contributed by atoms with Gasteiger partial charge in [0.05, 0.1) is 23.2 Å². The van der Waals surface area contributed by atoms with E-state index in [1.165, 1.54) is 18.2 Å². The topological polar surface area (TPSA) is 88.2 Å². The molecule has 0 aliphatic heterocycles. The Labute approximate surface area is 107 Å². The fraction of sp³-hybridized carbons (Fsp3) is 0.364. The Morgan fingerprint density at radius 1 is 1.53 bits per heavy atom. The number of nitrogens with zero attached hydrogens (tertiary/aromatic N) is 2. The van der Waals surface area contributed by atoms with Gasteiger partial charge in [0.2, 0.25) is 0 Å². The lowest BCUT2D eigenvalue weighted by Crippen LogP contribution is -2.13. The zero-order chi connectivity index (χ0) is 14.3. The summed E-state index contributed by atoms with van der Waals surface area (Å²) in [6.07, 6.45) is -2.55. The Morgan fingerprint density at radius 3 is 2.84 bits per heavy atom. The zero-order valence-corrected chi connectivity index (χ0v) is 9.81. The summed E-state index contributed by atoms with van der Waals surface area (Å²) in [6.45, 7) is -0.567. The molecule has 19 heavy (non-hydrogen) atoms. The standard InChI is InChI=1S/C11H11F2N3O3/c12-11(13)7-19-4-3-15-9-5-8(6-14)1-2-10(9)16(17)18/h1-2,5,11,15H,3-4,7H2. The molecule has 1 aromatic carbocycles. The lowest BCUT2D eigenvalue weighted by Gasteiger charge is -2.08. The third-order valence-corrected chi connectivity index (χ3v) is 2.13. The highest BCUT2D eigenvalue weighted by molar-refractivity contribution is 5.64. The first kappa shape index (κ1) is 14.8. The van der Waals surface area contributed by atoms with E-state index in [1.54, 1.807) is 0 Å². The number of ether oxygens (including phenoxy) is 1. The van der Waals surface area contributed by atoms with Crippen LogP contribution in [-0.4, -0.2) is 31.1 Å². The molecular weight excluding hydrogens is 260 g/mol. The Balaban J connectivity index is 2.60. The third kappa shape index (κ3) is 4.85. The van der Waals surface area contributed by atoms with Crippen LogP contribution in [0.1, 0.15) is 5.56 Å². The Kier molecular flexibility index (Phi) is 5.63. The maximum Gasteiger partial charge on any atom is 0.292 e. The number of hydrogen-bond acceptors (Lipinski definition) is 5. The van der Waals surface area contributed by atoms with E-state index in [-0.39, 0.29) is 30.1 Å². The van der Waals surface area contributed by atoms with Crippen molar-refractivity contribution in [3.05, 3.63) is 33.9 Å². The average molecular weight is 271 g/mol. The molecule has 1 aromatic rings. The number of nitriles is 1. The molecule has 0 saturated carbocycles. The van der Waals surface area contributed by atoms with Gasteiger partial charge in [0.15, 0.2) is 0 Å². The van der Waals surface area contributed by atoms with Crippen molar-refractivity contribution in [2.24, 2.45) is 0 Å². The maximum absolute atomic E-state index is 11.8. The number of hydrogen-bond donors (Lipinski definition) is 1. The highest BCUT2D eigenvalue weighted by Gasteiger charge is 2.13. The molecule has 1 N–H and O–H groups in total. The van der Waals surface area contributed by atoms with Gasteiger partial charge < -0.3 is 10.1 Å². The van der Waals surface area contributed by atoms with Crippen molar-refractivity contribution in [2.45, 2.75) is 6.43 Å². The second-order valence-electron chi connectivity index (χ2n) is 3.49. The Bertz CT molecular complexity index is 489. The van der Waals surface area contributed by atoms with Crippen molar-refractivity contribution in [3.63, 3.8) is 0 Å². The molecule has 1 rings (SSSR count). The van der Waals surface area contributed by atoms with Gasteiger partial charge in [-0.3, -0.25) is 10.1 Å². The summed E-state index contributed by atoms with van der Waals surface area (Å²) < 4.78 is 28.2. The third-order valence-electron chi connectivity index (χ3n) is 2.13. The van der Waals surface area contributed by atoms with Crippen molar-refractivity contribution in [2.75, 3.05) is 25.1 Å². The van der Waals surface area contributed by atoms with Crippen LogP contribution in [0.5, 0.6) is 0 Å². The molecule has 8 heteroatoms. The summed E-state index contributed by atoms with van der Waals surface area (Å²) in [4.78, 5) is 10.2. The average Bonchev–Trinajstić information content (AvgIpc) is 2.37. The van der Waals surface area contributed by atoms with Gasteiger partial charge in [-0.15, -0.1) is 0 Å². The van der Waals surface area contributed by atoms with Crippen molar-refractivity contribution in [1.82, 2.24) is 0 Å². The highest BCUT2D eigenvalue weighted by Crippen LogP contribution is 2.24. The Hall–Kier alpha value is -2.27. The van der Waals surface area contributed by atoms with Crippen LogP contribution >= 0.6 is 0 Å². The molecule has 6 nitrogen and oxygen atoms in total. The molecule has 0 atom stereocenters. The molecule has 0 amide bonds. The largest absolute Gasteiger partial charge is 0.377 e. The monoisotopic (exact) mass is 271 g/mol. The van der Waals surface area contributed by atoms with Gasteiger partial charge in [-0.05, 0) is 12.1 Å². The first-order valence-corrected chi connectivity index (χ1v) is 5.33. The van der Waals surface area contributed by atoms with E-state index in [2.05, 4.69) is 10.1 Å². The molecule has 0 aromatic heterocycles. The SMILES string of the molecule is N#Cc1ccc([N+](=O)[O-])c(NCCOCC(F)F)c1. The summed E-state index contributed by atoms with van der Waals surface area (Å²) in [5, 5.41) is 22.1. The van der Waals surface area contributed by atoms with E-state index in [0.29, 0.717) is 0 Å². The number of rotatable bonds is 7. The second kappa shape index (κ2) is 7.23. The molecule has 0 saturated heterocycles. The van der Waals surface area contributed by atoms with Crippen molar-refractivity contribution < 1.29 is 18.4 Å². The number of benzene rings is 1. The van der Waals surface area contributed by atoms with Crippen LogP contribution in [0.25, 0.3) is 0 Å². The van der Waals surface area contributed by atoms with Crippen LogP contribution < -0.4 is 5.32 Å². The van der Waals surface area contributed by atoms with E-state index in [9.17, 15) is 18.9 Å². The highest BCUT2D eigenvalue weighted by atomic mass is 19.3. The van der Waals surface area contributed by atoms with E-state index >= 15 is 0 Å². The van der Waals surface area contributed by atoms with Crippen molar-refractivity contribution >= 4 is 11.4 Å². The molecule has 0 spiro atoms. The number of nitro benzene ring substituents is 1. The van der Waals surface area contributed by atoms with Gasteiger partial charge in [-0.2, -0.15) is 5.26 Å². The van der Waals surface area contributed by atoms with Gasteiger partial charge in [0.1, 0.15) is 12.3 Å². The van der Waals surface area contributed by atoms with Crippen LogP contribution in [0.4, 0.5) is 20.2 Å².